The fraction of sp³-hybridized carbons (Fsp3) is 0.222. The zero-order valence-corrected chi connectivity index (χ0v) is 21.2. The van der Waals surface area contributed by atoms with E-state index in [9.17, 15) is 14.4 Å². The Morgan fingerprint density at radius 2 is 1.57 bits per heavy atom. The van der Waals surface area contributed by atoms with Gasteiger partial charge in [-0.15, -0.1) is 0 Å². The topological polar surface area (TPSA) is 87.7 Å². The van der Waals surface area contributed by atoms with Crippen molar-refractivity contribution in [3.63, 3.8) is 0 Å². The molecule has 0 aliphatic carbocycles. The summed E-state index contributed by atoms with van der Waals surface area (Å²) in [7, 11) is 0. The van der Waals surface area contributed by atoms with Crippen molar-refractivity contribution in [2.75, 3.05) is 29.9 Å². The fourth-order valence-electron chi connectivity index (χ4n) is 3.32. The van der Waals surface area contributed by atoms with Gasteiger partial charge in [-0.05, 0) is 54.4 Å². The molecule has 0 spiro atoms. The van der Waals surface area contributed by atoms with E-state index in [2.05, 4.69) is 26.6 Å². The third-order valence-corrected chi connectivity index (χ3v) is 5.46. The zero-order chi connectivity index (χ0) is 25.2. The second kappa shape index (κ2) is 12.7. The van der Waals surface area contributed by atoms with Crippen molar-refractivity contribution >= 4 is 45.0 Å². The van der Waals surface area contributed by atoms with Crippen LogP contribution in [-0.2, 0) is 9.59 Å². The number of hydrogen-bond acceptors (Lipinski definition) is 4. The molecule has 3 rings (SSSR count). The van der Waals surface area contributed by atoms with Crippen LogP contribution in [0.15, 0.2) is 83.3 Å². The Morgan fingerprint density at radius 1 is 0.914 bits per heavy atom. The molecule has 3 aromatic rings. The molecule has 35 heavy (non-hydrogen) atoms. The van der Waals surface area contributed by atoms with E-state index in [4.69, 9.17) is 4.74 Å². The number of amides is 3. The highest BCUT2D eigenvalue weighted by Crippen LogP contribution is 2.19. The number of rotatable bonds is 10. The molecule has 0 aliphatic heterocycles. The van der Waals surface area contributed by atoms with E-state index in [0.29, 0.717) is 12.2 Å². The van der Waals surface area contributed by atoms with Gasteiger partial charge in [-0.2, -0.15) is 0 Å². The minimum Gasteiger partial charge on any atom is -0.483 e. The lowest BCUT2D eigenvalue weighted by Gasteiger charge is -2.25. The van der Waals surface area contributed by atoms with E-state index in [1.54, 1.807) is 41.3 Å². The molecule has 0 heterocycles. The molecule has 2 N–H and O–H groups in total. The maximum atomic E-state index is 12.9. The molecule has 0 bridgehead atoms. The summed E-state index contributed by atoms with van der Waals surface area (Å²) in [4.78, 5) is 39.7. The molecule has 182 valence electrons. The summed E-state index contributed by atoms with van der Waals surface area (Å²) in [6.07, 6.45) is 0. The van der Waals surface area contributed by atoms with Crippen LogP contribution in [-0.4, -0.2) is 37.4 Å². The number of nitrogens with one attached hydrogen (secondary N) is 2. The normalized spacial score (nSPS) is 10.5. The molecule has 0 atom stereocenters. The first-order valence-electron chi connectivity index (χ1n) is 11.2. The summed E-state index contributed by atoms with van der Waals surface area (Å²) in [6.45, 7) is 4.16. The molecular formula is C27H28BrN3O4. The van der Waals surface area contributed by atoms with E-state index in [-0.39, 0.29) is 42.2 Å². The quantitative estimate of drug-likeness (QED) is 0.385. The lowest BCUT2D eigenvalue weighted by molar-refractivity contribution is -0.118. The van der Waals surface area contributed by atoms with E-state index < -0.39 is 5.91 Å². The van der Waals surface area contributed by atoms with Crippen molar-refractivity contribution in [2.45, 2.75) is 13.8 Å². The number of ether oxygens (including phenoxy) is 1. The van der Waals surface area contributed by atoms with Gasteiger partial charge in [0, 0.05) is 22.4 Å². The van der Waals surface area contributed by atoms with Crippen molar-refractivity contribution in [3.8, 4) is 5.75 Å². The highest BCUT2D eigenvalue weighted by atomic mass is 79.9. The smallest absolute Gasteiger partial charge is 0.262 e. The van der Waals surface area contributed by atoms with Gasteiger partial charge in [-0.3, -0.25) is 14.4 Å². The molecule has 0 unspecified atom stereocenters. The van der Waals surface area contributed by atoms with Crippen LogP contribution in [0.2, 0.25) is 0 Å². The number of carbonyl (C=O) groups excluding carboxylic acids is 3. The summed E-state index contributed by atoms with van der Waals surface area (Å²) in [5.74, 6) is -0.520. The van der Waals surface area contributed by atoms with Crippen molar-refractivity contribution in [2.24, 2.45) is 5.92 Å². The molecule has 0 aromatic heterocycles. The van der Waals surface area contributed by atoms with Gasteiger partial charge >= 0.3 is 0 Å². The van der Waals surface area contributed by atoms with Crippen LogP contribution >= 0.6 is 15.9 Å². The number of nitrogens with zero attached hydrogens (tertiary/aromatic N) is 1. The third-order valence-electron chi connectivity index (χ3n) is 4.94. The lowest BCUT2D eigenvalue weighted by atomic mass is 10.1. The first-order valence-corrected chi connectivity index (χ1v) is 12.0. The summed E-state index contributed by atoms with van der Waals surface area (Å²) in [6, 6.07) is 23.1. The number of benzene rings is 3. The van der Waals surface area contributed by atoms with Crippen molar-refractivity contribution in [1.82, 2.24) is 5.32 Å². The number of hydrogen-bond donors (Lipinski definition) is 2. The number of anilines is 2. The van der Waals surface area contributed by atoms with Crippen molar-refractivity contribution in [1.29, 1.82) is 0 Å². The van der Waals surface area contributed by atoms with E-state index in [0.717, 1.165) is 10.2 Å². The minimum atomic E-state index is -0.458. The zero-order valence-electron chi connectivity index (χ0n) is 19.7. The Morgan fingerprint density at radius 3 is 2.26 bits per heavy atom. The highest BCUT2D eigenvalue weighted by molar-refractivity contribution is 9.10. The number of para-hydroxylation sites is 2. The molecule has 0 saturated carbocycles. The maximum Gasteiger partial charge on any atom is 0.262 e. The summed E-state index contributed by atoms with van der Waals surface area (Å²) in [5, 5.41) is 5.42. The standard InChI is InChI=1S/C27H28BrN3O4/c1-19(2)17-31(22-8-4-3-5-9-22)26(33)16-29-27(34)23-10-6-7-11-24(23)35-18-25(32)30-21-14-12-20(28)13-15-21/h3-15,19H,16-18H2,1-2H3,(H,29,34)(H,30,32). The van der Waals surface area contributed by atoms with Crippen LogP contribution < -0.4 is 20.3 Å². The van der Waals surface area contributed by atoms with Gasteiger partial charge in [0.2, 0.25) is 5.91 Å². The Labute approximate surface area is 213 Å². The fourth-order valence-corrected chi connectivity index (χ4v) is 3.59. The largest absolute Gasteiger partial charge is 0.483 e. The maximum absolute atomic E-state index is 12.9. The summed E-state index contributed by atoms with van der Waals surface area (Å²) >= 11 is 3.35. The van der Waals surface area contributed by atoms with Gasteiger partial charge in [-0.25, -0.2) is 0 Å². The van der Waals surface area contributed by atoms with Gasteiger partial charge in [0.25, 0.3) is 11.8 Å². The monoisotopic (exact) mass is 537 g/mol. The van der Waals surface area contributed by atoms with E-state index >= 15 is 0 Å². The Bertz CT molecular complexity index is 1150. The Balaban J connectivity index is 1.60. The molecule has 0 saturated heterocycles. The van der Waals surface area contributed by atoms with Crippen LogP contribution in [0, 0.1) is 5.92 Å². The van der Waals surface area contributed by atoms with Crippen LogP contribution in [0.3, 0.4) is 0 Å². The minimum absolute atomic E-state index is 0.168. The lowest BCUT2D eigenvalue weighted by Crippen LogP contribution is -2.42. The molecule has 3 amide bonds. The van der Waals surface area contributed by atoms with Crippen molar-refractivity contribution < 1.29 is 19.1 Å². The van der Waals surface area contributed by atoms with E-state index in [1.807, 2.05) is 56.3 Å². The second-order valence-electron chi connectivity index (χ2n) is 8.26. The summed E-state index contributed by atoms with van der Waals surface area (Å²) < 4.78 is 6.52. The van der Waals surface area contributed by atoms with E-state index in [1.165, 1.54) is 0 Å². The van der Waals surface area contributed by atoms with Crippen molar-refractivity contribution in [3.05, 3.63) is 88.9 Å². The summed E-state index contributed by atoms with van der Waals surface area (Å²) in [5.41, 5.74) is 1.66. The first-order chi connectivity index (χ1) is 16.8. The SMILES string of the molecule is CC(C)CN(C(=O)CNC(=O)c1ccccc1OCC(=O)Nc1ccc(Br)cc1)c1ccccc1. The second-order valence-corrected chi connectivity index (χ2v) is 9.17. The molecule has 0 aliphatic rings. The van der Waals surface area contributed by atoms with Gasteiger partial charge in [-0.1, -0.05) is 60.1 Å². The molecule has 7 nitrogen and oxygen atoms in total. The predicted octanol–water partition coefficient (Wildman–Crippen LogP) is 4.89. The Hall–Kier alpha value is -3.65. The molecule has 8 heteroatoms. The van der Waals surface area contributed by atoms with Gasteiger partial charge in [0.05, 0.1) is 12.1 Å². The van der Waals surface area contributed by atoms with Crippen LogP contribution in [0.5, 0.6) is 5.75 Å². The highest BCUT2D eigenvalue weighted by Gasteiger charge is 2.19. The van der Waals surface area contributed by atoms with Gasteiger partial charge in [0.15, 0.2) is 6.61 Å². The number of halogens is 1. The van der Waals surface area contributed by atoms with Crippen LogP contribution in [0.25, 0.3) is 0 Å². The molecule has 3 aromatic carbocycles. The molecular weight excluding hydrogens is 510 g/mol. The van der Waals surface area contributed by atoms with Crippen LogP contribution in [0.1, 0.15) is 24.2 Å². The molecule has 0 radical (unpaired) electrons. The van der Waals surface area contributed by atoms with Gasteiger partial charge < -0.3 is 20.3 Å². The Kier molecular flexibility index (Phi) is 9.43. The molecule has 0 fully saturated rings. The predicted molar refractivity (Wildman–Crippen MR) is 141 cm³/mol. The average Bonchev–Trinajstić information content (AvgIpc) is 2.86. The van der Waals surface area contributed by atoms with Crippen LogP contribution in [0.4, 0.5) is 11.4 Å². The third kappa shape index (κ3) is 7.96. The number of carbonyl (C=O) groups is 3. The average molecular weight is 538 g/mol. The van der Waals surface area contributed by atoms with Gasteiger partial charge in [0.1, 0.15) is 5.75 Å². The first kappa shape index (κ1) is 26.0.